The molecule has 2 aromatic rings. The fraction of sp³-hybridized carbons (Fsp3) is 0.500. The highest BCUT2D eigenvalue weighted by Crippen LogP contribution is 2.28. The molecule has 2 aromatic heterocycles. The van der Waals surface area contributed by atoms with E-state index in [1.165, 1.54) is 11.3 Å². The van der Waals surface area contributed by atoms with Crippen molar-refractivity contribution < 1.29 is 8.42 Å². The topological polar surface area (TPSA) is 66.4 Å². The lowest BCUT2D eigenvalue weighted by Crippen LogP contribution is -2.49. The molecule has 1 aliphatic rings. The molecule has 6 nitrogen and oxygen atoms in total. The fourth-order valence-electron chi connectivity index (χ4n) is 2.97. The van der Waals surface area contributed by atoms with E-state index in [1.807, 2.05) is 27.7 Å². The number of aryl methyl sites for hydroxylation is 4. The van der Waals surface area contributed by atoms with Crippen LogP contribution in [0.4, 0.5) is 5.82 Å². The highest BCUT2D eigenvalue weighted by molar-refractivity contribution is 7.89. The number of sulfonamides is 1. The van der Waals surface area contributed by atoms with Gasteiger partial charge in [-0.2, -0.15) is 4.31 Å². The maximum Gasteiger partial charge on any atom is 0.244 e. The second-order valence-electron chi connectivity index (χ2n) is 6.09. The van der Waals surface area contributed by atoms with E-state index in [2.05, 4.69) is 14.9 Å². The Bertz CT molecular complexity index is 853. The predicted octanol–water partition coefficient (Wildman–Crippen LogP) is 2.28. The molecule has 24 heavy (non-hydrogen) atoms. The van der Waals surface area contributed by atoms with Crippen molar-refractivity contribution in [1.29, 1.82) is 0 Å². The Labute approximate surface area is 147 Å². The fourth-order valence-corrected chi connectivity index (χ4v) is 5.91. The van der Waals surface area contributed by atoms with Crippen LogP contribution in [0.15, 0.2) is 17.2 Å². The second-order valence-corrected chi connectivity index (χ2v) is 9.46. The third kappa shape index (κ3) is 3.18. The normalized spacial score (nSPS) is 16.6. The average molecular weight is 367 g/mol. The van der Waals surface area contributed by atoms with Gasteiger partial charge >= 0.3 is 0 Å². The van der Waals surface area contributed by atoms with Gasteiger partial charge in [0.05, 0.1) is 16.3 Å². The van der Waals surface area contributed by atoms with E-state index in [-0.39, 0.29) is 0 Å². The molecule has 3 rings (SSSR count). The SMILES string of the molecule is Cc1cnc(C)c(N2CCN(S(=O)(=O)c3cc(C)sc3C)CC2)n1. The van der Waals surface area contributed by atoms with Crippen molar-refractivity contribution in [2.45, 2.75) is 32.6 Å². The summed E-state index contributed by atoms with van der Waals surface area (Å²) in [6.45, 7) is 9.83. The van der Waals surface area contributed by atoms with E-state index >= 15 is 0 Å². The molecule has 1 fully saturated rings. The number of nitrogens with zero attached hydrogens (tertiary/aromatic N) is 4. The Morgan fingerprint density at radius 1 is 1.08 bits per heavy atom. The molecule has 130 valence electrons. The van der Waals surface area contributed by atoms with Crippen LogP contribution < -0.4 is 4.90 Å². The van der Waals surface area contributed by atoms with Crippen molar-refractivity contribution in [3.8, 4) is 0 Å². The lowest BCUT2D eigenvalue weighted by atomic mass is 10.3. The van der Waals surface area contributed by atoms with Crippen molar-refractivity contribution in [1.82, 2.24) is 14.3 Å². The number of anilines is 1. The van der Waals surface area contributed by atoms with Crippen LogP contribution in [0, 0.1) is 27.7 Å². The van der Waals surface area contributed by atoms with Gasteiger partial charge < -0.3 is 4.90 Å². The minimum absolute atomic E-state index is 0.449. The Morgan fingerprint density at radius 3 is 2.33 bits per heavy atom. The van der Waals surface area contributed by atoms with Gasteiger partial charge in [-0.25, -0.2) is 13.4 Å². The number of hydrogen-bond acceptors (Lipinski definition) is 6. The molecule has 3 heterocycles. The molecule has 8 heteroatoms. The van der Waals surface area contributed by atoms with Gasteiger partial charge in [-0.15, -0.1) is 11.3 Å². The molecule has 0 aliphatic carbocycles. The maximum absolute atomic E-state index is 12.9. The van der Waals surface area contributed by atoms with Crippen LogP contribution in [-0.4, -0.2) is 48.9 Å². The van der Waals surface area contributed by atoms with E-state index in [4.69, 9.17) is 0 Å². The summed E-state index contributed by atoms with van der Waals surface area (Å²) in [5, 5.41) is 0. The highest BCUT2D eigenvalue weighted by atomic mass is 32.2. The first-order chi connectivity index (χ1) is 11.3. The summed E-state index contributed by atoms with van der Waals surface area (Å²) in [7, 11) is -3.41. The zero-order chi connectivity index (χ0) is 17.5. The van der Waals surface area contributed by atoms with E-state index in [0.29, 0.717) is 31.1 Å². The van der Waals surface area contributed by atoms with Gasteiger partial charge in [0, 0.05) is 42.1 Å². The summed E-state index contributed by atoms with van der Waals surface area (Å²) >= 11 is 1.53. The number of thiophene rings is 1. The van der Waals surface area contributed by atoms with E-state index in [9.17, 15) is 8.42 Å². The zero-order valence-electron chi connectivity index (χ0n) is 14.4. The van der Waals surface area contributed by atoms with Crippen LogP contribution in [0.3, 0.4) is 0 Å². The number of piperazine rings is 1. The Hall–Kier alpha value is -1.51. The lowest BCUT2D eigenvalue weighted by molar-refractivity contribution is 0.383. The average Bonchev–Trinajstić information content (AvgIpc) is 2.89. The summed E-state index contributed by atoms with van der Waals surface area (Å²) in [6.07, 6.45) is 1.75. The molecule has 0 atom stereocenters. The van der Waals surface area contributed by atoms with Gasteiger partial charge in [0.1, 0.15) is 5.82 Å². The smallest absolute Gasteiger partial charge is 0.244 e. The van der Waals surface area contributed by atoms with Crippen LogP contribution in [0.25, 0.3) is 0 Å². The van der Waals surface area contributed by atoms with E-state index < -0.39 is 10.0 Å². The molecule has 0 spiro atoms. The highest BCUT2D eigenvalue weighted by Gasteiger charge is 2.31. The molecule has 0 aromatic carbocycles. The van der Waals surface area contributed by atoms with Gasteiger partial charge in [-0.1, -0.05) is 0 Å². The predicted molar refractivity (Wildman–Crippen MR) is 96.3 cm³/mol. The first-order valence-corrected chi connectivity index (χ1v) is 10.2. The van der Waals surface area contributed by atoms with E-state index in [0.717, 1.165) is 27.0 Å². The molecular formula is C16H22N4O2S2. The monoisotopic (exact) mass is 366 g/mol. The summed E-state index contributed by atoms with van der Waals surface area (Å²) in [4.78, 5) is 13.4. The van der Waals surface area contributed by atoms with Gasteiger partial charge in [0.2, 0.25) is 10.0 Å². The van der Waals surface area contributed by atoms with Crippen molar-refractivity contribution in [2.24, 2.45) is 0 Å². The molecular weight excluding hydrogens is 344 g/mol. The molecule has 0 N–H and O–H groups in total. The summed E-state index contributed by atoms with van der Waals surface area (Å²) in [6, 6.07) is 1.78. The molecule has 0 bridgehead atoms. The Balaban J connectivity index is 1.77. The van der Waals surface area contributed by atoms with Gasteiger partial charge in [-0.3, -0.25) is 4.98 Å². The molecule has 1 aliphatic heterocycles. The van der Waals surface area contributed by atoms with Crippen LogP contribution >= 0.6 is 11.3 Å². The van der Waals surface area contributed by atoms with Crippen molar-refractivity contribution in [3.63, 3.8) is 0 Å². The van der Waals surface area contributed by atoms with Gasteiger partial charge in [-0.05, 0) is 33.8 Å². The first kappa shape index (κ1) is 17.3. The van der Waals surface area contributed by atoms with Crippen molar-refractivity contribution >= 4 is 27.2 Å². The van der Waals surface area contributed by atoms with Crippen molar-refractivity contribution in [2.75, 3.05) is 31.1 Å². The van der Waals surface area contributed by atoms with Crippen molar-refractivity contribution in [3.05, 3.63) is 33.4 Å². The van der Waals surface area contributed by atoms with Gasteiger partial charge in [0.25, 0.3) is 0 Å². The standard InChI is InChI=1S/C16H22N4O2S2/c1-11-10-17-13(3)16(18-11)19-5-7-20(8-6-19)24(21,22)15-9-12(2)23-14(15)4/h9-10H,5-8H2,1-4H3. The number of rotatable bonds is 3. The molecule has 0 saturated carbocycles. The van der Waals surface area contributed by atoms with E-state index in [1.54, 1.807) is 16.6 Å². The number of aromatic nitrogens is 2. The summed E-state index contributed by atoms with van der Waals surface area (Å²) < 4.78 is 27.3. The third-order valence-corrected chi connectivity index (χ3v) is 7.32. The molecule has 0 radical (unpaired) electrons. The minimum atomic E-state index is -3.41. The first-order valence-electron chi connectivity index (χ1n) is 7.91. The molecule has 0 unspecified atom stereocenters. The van der Waals surface area contributed by atoms with Crippen LogP contribution in [0.1, 0.15) is 21.1 Å². The zero-order valence-corrected chi connectivity index (χ0v) is 16.0. The third-order valence-electron chi connectivity index (χ3n) is 4.20. The maximum atomic E-state index is 12.9. The Kier molecular flexibility index (Phi) is 4.63. The van der Waals surface area contributed by atoms with Crippen LogP contribution in [0.2, 0.25) is 0 Å². The Morgan fingerprint density at radius 2 is 1.75 bits per heavy atom. The lowest BCUT2D eigenvalue weighted by Gasteiger charge is -2.35. The van der Waals surface area contributed by atoms with Crippen LogP contribution in [0.5, 0.6) is 0 Å². The molecule has 1 saturated heterocycles. The minimum Gasteiger partial charge on any atom is -0.352 e. The van der Waals surface area contributed by atoms with Gasteiger partial charge in [0.15, 0.2) is 0 Å². The van der Waals surface area contributed by atoms with Crippen LogP contribution in [-0.2, 0) is 10.0 Å². The summed E-state index contributed by atoms with van der Waals surface area (Å²) in [5.41, 5.74) is 1.75. The second kappa shape index (κ2) is 6.42. The largest absolute Gasteiger partial charge is 0.352 e. The molecule has 0 amide bonds. The number of hydrogen-bond donors (Lipinski definition) is 0. The summed E-state index contributed by atoms with van der Waals surface area (Å²) in [5.74, 6) is 0.856. The quantitative estimate of drug-likeness (QED) is 0.834.